The Morgan fingerprint density at radius 3 is 2.62 bits per heavy atom. The first-order chi connectivity index (χ1) is 12.5. The van der Waals surface area contributed by atoms with Crippen molar-refractivity contribution < 1.29 is 24.5 Å². The van der Waals surface area contributed by atoms with Crippen LogP contribution in [0.5, 0.6) is 11.5 Å². The van der Waals surface area contributed by atoms with E-state index in [2.05, 4.69) is 0 Å². The van der Waals surface area contributed by atoms with E-state index >= 15 is 0 Å². The maximum atomic E-state index is 12.0. The molecule has 2 aromatic carbocycles. The molecule has 0 fully saturated rings. The van der Waals surface area contributed by atoms with Crippen molar-refractivity contribution in [2.75, 3.05) is 6.61 Å². The molecule has 1 aliphatic rings. The van der Waals surface area contributed by atoms with Crippen LogP contribution in [0, 0.1) is 0 Å². The van der Waals surface area contributed by atoms with E-state index in [4.69, 9.17) is 4.74 Å². The second-order valence-corrected chi connectivity index (χ2v) is 6.17. The number of hydrogen-bond acceptors (Lipinski definition) is 5. The topological polar surface area (TPSA) is 83.8 Å². The summed E-state index contributed by atoms with van der Waals surface area (Å²) < 4.78 is 4.94. The molecule has 0 bridgehead atoms. The van der Waals surface area contributed by atoms with Crippen LogP contribution in [0.25, 0.3) is 11.1 Å². The van der Waals surface area contributed by atoms with Crippen LogP contribution in [-0.4, -0.2) is 28.6 Å². The fourth-order valence-corrected chi connectivity index (χ4v) is 3.20. The lowest BCUT2D eigenvalue weighted by Gasteiger charge is -2.22. The number of esters is 1. The molecule has 2 aromatic rings. The Hall–Kier alpha value is -3.08. The number of aromatic hydroxyl groups is 2. The minimum Gasteiger partial charge on any atom is -0.508 e. The lowest BCUT2D eigenvalue weighted by atomic mass is 9.83. The lowest BCUT2D eigenvalue weighted by Crippen LogP contribution is -2.21. The molecule has 0 radical (unpaired) electrons. The van der Waals surface area contributed by atoms with E-state index in [1.54, 1.807) is 6.92 Å². The van der Waals surface area contributed by atoms with Gasteiger partial charge in [0.25, 0.3) is 0 Å². The molecule has 1 atom stereocenters. The smallest absolute Gasteiger partial charge is 0.341 e. The summed E-state index contributed by atoms with van der Waals surface area (Å²) in [5, 5.41) is 20.9. The summed E-state index contributed by atoms with van der Waals surface area (Å²) in [5.41, 5.74) is 1.76. The molecule has 0 heterocycles. The number of phenols is 2. The highest BCUT2D eigenvalue weighted by atomic mass is 16.5. The van der Waals surface area contributed by atoms with Gasteiger partial charge in [0.1, 0.15) is 11.5 Å². The molecule has 0 aromatic heterocycles. The number of carbonyl (C=O) groups is 2. The Bertz CT molecular complexity index is 867. The van der Waals surface area contributed by atoms with Crippen molar-refractivity contribution in [3.05, 3.63) is 59.7 Å². The zero-order chi connectivity index (χ0) is 18.7. The van der Waals surface area contributed by atoms with Crippen LogP contribution in [0.2, 0.25) is 0 Å². The van der Waals surface area contributed by atoms with Crippen molar-refractivity contribution >= 4 is 11.8 Å². The molecule has 5 heteroatoms. The number of phenolic OH excluding ortho intramolecular Hbond substituents is 2. The van der Waals surface area contributed by atoms with Gasteiger partial charge in [-0.15, -0.1) is 0 Å². The summed E-state index contributed by atoms with van der Waals surface area (Å²) in [6.45, 7) is 1.86. The van der Waals surface area contributed by atoms with Crippen LogP contribution in [0.3, 0.4) is 0 Å². The van der Waals surface area contributed by atoms with Gasteiger partial charge in [0.15, 0.2) is 5.78 Å². The summed E-state index contributed by atoms with van der Waals surface area (Å²) in [6.07, 6.45) is 2.17. The summed E-state index contributed by atoms with van der Waals surface area (Å²) in [5.74, 6) is -1.22. The molecule has 26 heavy (non-hydrogen) atoms. The van der Waals surface area contributed by atoms with Gasteiger partial charge in [-0.1, -0.05) is 36.4 Å². The van der Waals surface area contributed by atoms with Gasteiger partial charge in [-0.25, -0.2) is 4.79 Å². The summed E-state index contributed by atoms with van der Waals surface area (Å²) in [6, 6.07) is 12.2. The molecule has 134 valence electrons. The molecule has 3 rings (SSSR count). The largest absolute Gasteiger partial charge is 0.508 e. The van der Waals surface area contributed by atoms with Gasteiger partial charge in [0.05, 0.1) is 12.2 Å². The number of carbonyl (C=O) groups excluding carboxylic acids is 2. The average Bonchev–Trinajstić information content (AvgIpc) is 2.64. The van der Waals surface area contributed by atoms with Crippen molar-refractivity contribution in [2.45, 2.75) is 25.7 Å². The second kappa shape index (κ2) is 7.44. The predicted octanol–water partition coefficient (Wildman–Crippen LogP) is 3.70. The summed E-state index contributed by atoms with van der Waals surface area (Å²) >= 11 is 0. The fraction of sp³-hybridized carbons (Fsp3) is 0.238. The van der Waals surface area contributed by atoms with E-state index in [1.165, 1.54) is 18.2 Å². The SMILES string of the molecule is CCOC(=O)C1=CC(c2cc(O)cc(-c3ccccc3)c2O)CCC1=O. The van der Waals surface area contributed by atoms with E-state index in [0.717, 1.165) is 5.56 Å². The highest BCUT2D eigenvalue weighted by molar-refractivity contribution is 6.17. The highest BCUT2D eigenvalue weighted by Gasteiger charge is 2.29. The van der Waals surface area contributed by atoms with E-state index in [-0.39, 0.29) is 41.8 Å². The van der Waals surface area contributed by atoms with Crippen LogP contribution in [-0.2, 0) is 14.3 Å². The maximum absolute atomic E-state index is 12.0. The van der Waals surface area contributed by atoms with Gasteiger partial charge in [0.2, 0.25) is 0 Å². The number of hydrogen-bond donors (Lipinski definition) is 2. The third-order valence-corrected chi connectivity index (χ3v) is 4.45. The molecule has 1 aliphatic carbocycles. The Labute approximate surface area is 151 Å². The number of ether oxygens (including phenoxy) is 1. The number of benzene rings is 2. The Morgan fingerprint density at radius 2 is 1.92 bits per heavy atom. The van der Waals surface area contributed by atoms with Crippen molar-refractivity contribution in [3.8, 4) is 22.6 Å². The van der Waals surface area contributed by atoms with E-state index in [0.29, 0.717) is 17.5 Å². The molecule has 0 saturated carbocycles. The van der Waals surface area contributed by atoms with Gasteiger partial charge < -0.3 is 14.9 Å². The van der Waals surface area contributed by atoms with Gasteiger partial charge in [0, 0.05) is 23.5 Å². The van der Waals surface area contributed by atoms with Crippen LogP contribution >= 0.6 is 0 Å². The molecule has 0 saturated heterocycles. The average molecular weight is 352 g/mol. The van der Waals surface area contributed by atoms with Crippen LogP contribution < -0.4 is 0 Å². The van der Waals surface area contributed by atoms with Crippen molar-refractivity contribution in [1.29, 1.82) is 0 Å². The standard InChI is InChI=1S/C21H20O5/c1-2-26-21(25)18-10-14(8-9-19(18)23)17-12-15(22)11-16(20(17)24)13-6-4-3-5-7-13/h3-7,10-12,14,22,24H,2,8-9H2,1H3. The molecule has 0 aliphatic heterocycles. The summed E-state index contributed by atoms with van der Waals surface area (Å²) in [4.78, 5) is 24.0. The van der Waals surface area contributed by atoms with Crippen molar-refractivity contribution in [2.24, 2.45) is 0 Å². The van der Waals surface area contributed by atoms with Gasteiger partial charge in [-0.2, -0.15) is 0 Å². The highest BCUT2D eigenvalue weighted by Crippen LogP contribution is 2.42. The van der Waals surface area contributed by atoms with E-state index in [1.807, 2.05) is 30.3 Å². The van der Waals surface area contributed by atoms with E-state index < -0.39 is 5.97 Å². The maximum Gasteiger partial charge on any atom is 0.341 e. The van der Waals surface area contributed by atoms with Crippen LogP contribution in [0.4, 0.5) is 0 Å². The van der Waals surface area contributed by atoms with Crippen LogP contribution in [0.15, 0.2) is 54.1 Å². The van der Waals surface area contributed by atoms with Gasteiger partial charge in [-0.05, 0) is 31.0 Å². The van der Waals surface area contributed by atoms with E-state index in [9.17, 15) is 19.8 Å². The number of Topliss-reactive ketones (excluding diaryl/α,β-unsaturated/α-hetero) is 1. The Kier molecular flexibility index (Phi) is 5.07. The number of allylic oxidation sites excluding steroid dienone is 1. The Balaban J connectivity index is 2.05. The first-order valence-corrected chi connectivity index (χ1v) is 8.54. The number of ketones is 1. The molecular formula is C21H20O5. The normalized spacial score (nSPS) is 16.9. The Morgan fingerprint density at radius 1 is 1.19 bits per heavy atom. The minimum absolute atomic E-state index is 0.00658. The third kappa shape index (κ3) is 3.47. The predicted molar refractivity (Wildman–Crippen MR) is 96.9 cm³/mol. The molecule has 0 amide bonds. The van der Waals surface area contributed by atoms with Crippen molar-refractivity contribution in [3.63, 3.8) is 0 Å². The van der Waals surface area contributed by atoms with Gasteiger partial charge in [-0.3, -0.25) is 4.79 Å². The van der Waals surface area contributed by atoms with Gasteiger partial charge >= 0.3 is 5.97 Å². The second-order valence-electron chi connectivity index (χ2n) is 6.17. The zero-order valence-corrected chi connectivity index (χ0v) is 14.4. The van der Waals surface area contributed by atoms with Crippen molar-refractivity contribution in [1.82, 2.24) is 0 Å². The number of rotatable bonds is 4. The molecule has 5 nitrogen and oxygen atoms in total. The molecule has 1 unspecified atom stereocenters. The van der Waals surface area contributed by atoms with Crippen LogP contribution in [0.1, 0.15) is 31.2 Å². The first-order valence-electron chi connectivity index (χ1n) is 8.54. The quantitative estimate of drug-likeness (QED) is 0.498. The summed E-state index contributed by atoms with van der Waals surface area (Å²) in [7, 11) is 0. The molecule has 0 spiro atoms. The molecular weight excluding hydrogens is 332 g/mol. The minimum atomic E-state index is -0.648. The lowest BCUT2D eigenvalue weighted by molar-refractivity contribution is -0.140. The third-order valence-electron chi connectivity index (χ3n) is 4.45. The monoisotopic (exact) mass is 352 g/mol. The fourth-order valence-electron chi connectivity index (χ4n) is 3.20. The molecule has 2 N–H and O–H groups in total. The zero-order valence-electron chi connectivity index (χ0n) is 14.4. The first kappa shape index (κ1) is 17.7.